The third-order valence-electron chi connectivity index (χ3n) is 5.02. The molecule has 1 aliphatic carbocycles. The van der Waals surface area contributed by atoms with Gasteiger partial charge in [-0.2, -0.15) is 0 Å². The monoisotopic (exact) mass is 416 g/mol. The fraction of sp³-hybridized carbons (Fsp3) is 0.286. The number of aromatic nitrogens is 2. The van der Waals surface area contributed by atoms with Gasteiger partial charge >= 0.3 is 0 Å². The highest BCUT2D eigenvalue weighted by Gasteiger charge is 2.23. The van der Waals surface area contributed by atoms with Crippen LogP contribution in [0.1, 0.15) is 36.0 Å². The van der Waals surface area contributed by atoms with Crippen molar-refractivity contribution >= 4 is 46.6 Å². The van der Waals surface area contributed by atoms with Gasteiger partial charge in [-0.05, 0) is 56.0 Å². The molecular weight excluding hydrogens is 395 g/mol. The van der Waals surface area contributed by atoms with Crippen LogP contribution in [0.4, 0.5) is 5.82 Å². The highest BCUT2D eigenvalue weighted by atomic mass is 35.5. The third-order valence-corrected chi connectivity index (χ3v) is 5.32. The highest BCUT2D eigenvalue weighted by Crippen LogP contribution is 2.23. The minimum Gasteiger partial charge on any atom is -0.367 e. The van der Waals surface area contributed by atoms with Crippen molar-refractivity contribution < 1.29 is 4.79 Å². The summed E-state index contributed by atoms with van der Waals surface area (Å²) in [5.41, 5.74) is 1.43. The van der Waals surface area contributed by atoms with E-state index in [1.54, 1.807) is 18.3 Å². The van der Waals surface area contributed by atoms with E-state index in [1.165, 1.54) is 0 Å². The Morgan fingerprint density at radius 3 is 2.50 bits per heavy atom. The van der Waals surface area contributed by atoms with Crippen LogP contribution in [-0.4, -0.2) is 28.0 Å². The van der Waals surface area contributed by atoms with E-state index in [4.69, 9.17) is 11.6 Å². The average molecular weight is 417 g/mol. The number of anilines is 1. The summed E-state index contributed by atoms with van der Waals surface area (Å²) in [5, 5.41) is 8.00. The van der Waals surface area contributed by atoms with Crippen molar-refractivity contribution in [3.05, 3.63) is 65.4 Å². The summed E-state index contributed by atoms with van der Waals surface area (Å²) in [6.45, 7) is 0. The molecule has 0 radical (unpaired) electrons. The number of rotatable bonds is 4. The van der Waals surface area contributed by atoms with Gasteiger partial charge in [0.05, 0.1) is 11.1 Å². The van der Waals surface area contributed by atoms with Gasteiger partial charge in [0.15, 0.2) is 0 Å². The Labute approximate surface area is 175 Å². The SMILES string of the molecule is Cl.O=C(NC1CCC(Nc2ccc3ccccc3n2)CC1)c1cccnc1Cl. The zero-order valence-corrected chi connectivity index (χ0v) is 16.8. The molecule has 0 spiro atoms. The minimum atomic E-state index is -0.152. The Morgan fingerprint density at radius 2 is 1.71 bits per heavy atom. The van der Waals surface area contributed by atoms with Gasteiger partial charge in [-0.3, -0.25) is 4.79 Å². The predicted octanol–water partition coefficient (Wildman–Crippen LogP) is 4.86. The molecule has 3 aromatic rings. The Bertz CT molecular complexity index is 958. The van der Waals surface area contributed by atoms with Crippen molar-refractivity contribution in [2.24, 2.45) is 0 Å². The number of hydrogen-bond acceptors (Lipinski definition) is 4. The molecule has 1 aromatic carbocycles. The van der Waals surface area contributed by atoms with Gasteiger partial charge in [0.25, 0.3) is 5.91 Å². The van der Waals surface area contributed by atoms with E-state index in [2.05, 4.69) is 32.7 Å². The maximum atomic E-state index is 12.4. The van der Waals surface area contributed by atoms with Crippen LogP contribution in [-0.2, 0) is 0 Å². The number of nitrogens with zero attached hydrogens (tertiary/aromatic N) is 2. The van der Waals surface area contributed by atoms with E-state index in [0.29, 0.717) is 11.6 Å². The number of hydrogen-bond donors (Lipinski definition) is 2. The molecule has 1 amide bonds. The molecule has 146 valence electrons. The number of para-hydroxylation sites is 1. The van der Waals surface area contributed by atoms with Crippen molar-refractivity contribution in [1.29, 1.82) is 0 Å². The van der Waals surface area contributed by atoms with E-state index in [1.807, 2.05) is 24.3 Å². The smallest absolute Gasteiger partial charge is 0.254 e. The van der Waals surface area contributed by atoms with Crippen LogP contribution in [0, 0.1) is 0 Å². The first-order valence-electron chi connectivity index (χ1n) is 9.23. The number of fused-ring (bicyclic) bond motifs is 1. The molecule has 5 nitrogen and oxygen atoms in total. The molecule has 2 aromatic heterocycles. The third kappa shape index (κ3) is 4.72. The second-order valence-electron chi connectivity index (χ2n) is 6.90. The molecule has 0 atom stereocenters. The fourth-order valence-corrected chi connectivity index (χ4v) is 3.76. The molecule has 1 fully saturated rings. The molecule has 0 aliphatic heterocycles. The van der Waals surface area contributed by atoms with Crippen LogP contribution in [0.2, 0.25) is 5.15 Å². The lowest BCUT2D eigenvalue weighted by Crippen LogP contribution is -2.40. The normalized spacial score (nSPS) is 18.9. The van der Waals surface area contributed by atoms with Crippen molar-refractivity contribution in [3.63, 3.8) is 0 Å². The van der Waals surface area contributed by atoms with Gasteiger partial charge < -0.3 is 10.6 Å². The lowest BCUT2D eigenvalue weighted by atomic mass is 9.91. The van der Waals surface area contributed by atoms with Gasteiger partial charge in [-0.25, -0.2) is 9.97 Å². The summed E-state index contributed by atoms with van der Waals surface area (Å²) in [6.07, 6.45) is 5.40. The molecule has 2 N–H and O–H groups in total. The maximum Gasteiger partial charge on any atom is 0.254 e. The lowest BCUT2D eigenvalue weighted by molar-refractivity contribution is 0.0926. The molecule has 7 heteroatoms. The van der Waals surface area contributed by atoms with Crippen molar-refractivity contribution in [2.75, 3.05) is 5.32 Å². The summed E-state index contributed by atoms with van der Waals surface area (Å²) < 4.78 is 0. The van der Waals surface area contributed by atoms with Crippen LogP contribution in [0.3, 0.4) is 0 Å². The van der Waals surface area contributed by atoms with E-state index < -0.39 is 0 Å². The van der Waals surface area contributed by atoms with Crippen LogP contribution in [0.25, 0.3) is 10.9 Å². The zero-order chi connectivity index (χ0) is 18.6. The summed E-state index contributed by atoms with van der Waals surface area (Å²) in [6, 6.07) is 16.2. The molecule has 1 aliphatic rings. The summed E-state index contributed by atoms with van der Waals surface area (Å²) in [7, 11) is 0. The molecule has 0 saturated heterocycles. The first-order valence-corrected chi connectivity index (χ1v) is 9.60. The topological polar surface area (TPSA) is 66.9 Å². The van der Waals surface area contributed by atoms with Crippen LogP contribution < -0.4 is 10.6 Å². The summed E-state index contributed by atoms with van der Waals surface area (Å²) in [5.74, 6) is 0.754. The first-order chi connectivity index (χ1) is 13.2. The minimum absolute atomic E-state index is 0. The van der Waals surface area contributed by atoms with Crippen molar-refractivity contribution in [1.82, 2.24) is 15.3 Å². The number of pyridine rings is 2. The number of nitrogens with one attached hydrogen (secondary N) is 2. The largest absolute Gasteiger partial charge is 0.367 e. The highest BCUT2D eigenvalue weighted by molar-refractivity contribution is 6.32. The molecule has 0 unspecified atom stereocenters. The maximum absolute atomic E-state index is 12.4. The Kier molecular flexibility index (Phi) is 6.70. The number of halogens is 2. The van der Waals surface area contributed by atoms with Crippen molar-refractivity contribution in [3.8, 4) is 0 Å². The lowest BCUT2D eigenvalue weighted by Gasteiger charge is -2.30. The second-order valence-corrected chi connectivity index (χ2v) is 7.26. The standard InChI is InChI=1S/C21H21ClN4O.ClH/c22-20-17(5-3-13-23-20)21(27)25-16-10-8-15(9-11-16)24-19-12-7-14-4-1-2-6-18(14)26-19;/h1-7,12-13,15-16H,8-11H2,(H,24,26)(H,25,27);1H. The van der Waals surface area contributed by atoms with Crippen LogP contribution in [0.5, 0.6) is 0 Å². The Balaban J connectivity index is 0.00000225. The van der Waals surface area contributed by atoms with E-state index in [9.17, 15) is 4.79 Å². The first kappa shape index (κ1) is 20.4. The molecule has 0 bridgehead atoms. The molecule has 28 heavy (non-hydrogen) atoms. The second kappa shape index (κ2) is 9.22. The van der Waals surface area contributed by atoms with Gasteiger partial charge in [0.2, 0.25) is 0 Å². The summed E-state index contributed by atoms with van der Waals surface area (Å²) in [4.78, 5) is 21.0. The Hall–Kier alpha value is -2.37. The zero-order valence-electron chi connectivity index (χ0n) is 15.3. The molecular formula is C21H22Cl2N4O. The van der Waals surface area contributed by atoms with E-state index in [0.717, 1.165) is 42.4 Å². The molecule has 1 saturated carbocycles. The van der Waals surface area contributed by atoms with Crippen molar-refractivity contribution in [2.45, 2.75) is 37.8 Å². The summed E-state index contributed by atoms with van der Waals surface area (Å²) >= 11 is 6.00. The number of carbonyl (C=O) groups excluding carboxylic acids is 1. The fourth-order valence-electron chi connectivity index (χ4n) is 3.56. The van der Waals surface area contributed by atoms with Gasteiger partial charge in [0, 0.05) is 23.7 Å². The molecule has 4 rings (SSSR count). The average Bonchev–Trinajstić information content (AvgIpc) is 2.70. The van der Waals surface area contributed by atoms with E-state index >= 15 is 0 Å². The number of benzene rings is 1. The predicted molar refractivity (Wildman–Crippen MR) is 115 cm³/mol. The quantitative estimate of drug-likeness (QED) is 0.595. The van der Waals surface area contributed by atoms with Crippen LogP contribution in [0.15, 0.2) is 54.7 Å². The van der Waals surface area contributed by atoms with Gasteiger partial charge in [-0.15, -0.1) is 12.4 Å². The van der Waals surface area contributed by atoms with Crippen LogP contribution >= 0.6 is 24.0 Å². The number of carbonyl (C=O) groups is 1. The number of amides is 1. The molecule has 2 heterocycles. The Morgan fingerprint density at radius 1 is 0.964 bits per heavy atom. The van der Waals surface area contributed by atoms with Gasteiger partial charge in [0.1, 0.15) is 11.0 Å². The van der Waals surface area contributed by atoms with E-state index in [-0.39, 0.29) is 29.5 Å². The van der Waals surface area contributed by atoms with Gasteiger partial charge in [-0.1, -0.05) is 29.8 Å².